The Morgan fingerprint density at radius 2 is 2.05 bits per heavy atom. The van der Waals surface area contributed by atoms with Gasteiger partial charge in [0.25, 0.3) is 5.56 Å². The molecule has 0 unspecified atom stereocenters. The lowest BCUT2D eigenvalue weighted by molar-refractivity contribution is 0.248. The fourth-order valence-electron chi connectivity index (χ4n) is 1.83. The number of benzene rings is 1. The molecule has 0 bridgehead atoms. The molecule has 2 aromatic rings. The predicted molar refractivity (Wildman–Crippen MR) is 72.0 cm³/mol. The molecule has 3 rings (SSSR count). The van der Waals surface area contributed by atoms with Gasteiger partial charge < -0.3 is 9.63 Å². The standard InChI is InChI=1S/C14H10N2O3/c17-13-12(10-5-2-1-3-6-10)14(18)19-16(13)9-11-7-4-8-15-11/h1-9,18H. The lowest BCUT2D eigenvalue weighted by atomic mass is 10.1. The Balaban J connectivity index is 2.12. The Hall–Kier alpha value is -2.82. The van der Waals surface area contributed by atoms with Gasteiger partial charge in [0.1, 0.15) is 5.56 Å². The molecule has 0 saturated carbocycles. The van der Waals surface area contributed by atoms with E-state index in [-0.39, 0.29) is 5.56 Å². The van der Waals surface area contributed by atoms with Crippen molar-refractivity contribution in [1.29, 1.82) is 0 Å². The first-order valence-electron chi connectivity index (χ1n) is 5.68. The van der Waals surface area contributed by atoms with E-state index >= 15 is 0 Å². The fourth-order valence-corrected chi connectivity index (χ4v) is 1.83. The lowest BCUT2D eigenvalue weighted by Gasteiger charge is -1.93. The summed E-state index contributed by atoms with van der Waals surface area (Å²) in [5.41, 5.74) is 0.905. The number of hydrogen-bond acceptors (Lipinski definition) is 4. The van der Waals surface area contributed by atoms with Gasteiger partial charge in [-0.1, -0.05) is 30.3 Å². The number of aromatic hydroxyl groups is 1. The minimum atomic E-state index is -0.424. The van der Waals surface area contributed by atoms with Crippen molar-refractivity contribution >= 4 is 12.4 Å². The molecule has 94 valence electrons. The average Bonchev–Trinajstić information content (AvgIpc) is 3.01. The van der Waals surface area contributed by atoms with E-state index in [1.54, 1.807) is 42.6 Å². The Morgan fingerprint density at radius 1 is 1.26 bits per heavy atom. The first-order chi connectivity index (χ1) is 9.25. The van der Waals surface area contributed by atoms with E-state index in [1.165, 1.54) is 6.20 Å². The van der Waals surface area contributed by atoms with Crippen LogP contribution in [0.1, 0.15) is 0 Å². The van der Waals surface area contributed by atoms with Crippen molar-refractivity contribution in [2.24, 2.45) is 4.99 Å². The van der Waals surface area contributed by atoms with Crippen LogP contribution in [0.5, 0.6) is 5.95 Å². The van der Waals surface area contributed by atoms with Crippen molar-refractivity contribution in [3.8, 4) is 17.1 Å². The van der Waals surface area contributed by atoms with Gasteiger partial charge in [-0.2, -0.15) is 0 Å². The highest BCUT2D eigenvalue weighted by molar-refractivity contribution is 5.78. The summed E-state index contributed by atoms with van der Waals surface area (Å²) in [6, 6.07) is 8.87. The van der Waals surface area contributed by atoms with E-state index < -0.39 is 11.5 Å². The third kappa shape index (κ3) is 2.01. The Bertz CT molecular complexity index is 735. The molecule has 0 amide bonds. The lowest BCUT2D eigenvalue weighted by Crippen LogP contribution is -2.10. The van der Waals surface area contributed by atoms with Crippen LogP contribution in [0, 0.1) is 0 Å². The van der Waals surface area contributed by atoms with E-state index in [2.05, 4.69) is 4.99 Å². The van der Waals surface area contributed by atoms with Gasteiger partial charge in [0.15, 0.2) is 0 Å². The highest BCUT2D eigenvalue weighted by atomic mass is 16.6. The van der Waals surface area contributed by atoms with Crippen molar-refractivity contribution < 1.29 is 9.63 Å². The molecular formula is C14H10N2O3. The van der Waals surface area contributed by atoms with Crippen molar-refractivity contribution in [1.82, 2.24) is 4.74 Å². The summed E-state index contributed by atoms with van der Waals surface area (Å²) in [6.45, 7) is 0. The summed E-state index contributed by atoms with van der Waals surface area (Å²) < 4.78 is 6.01. The van der Waals surface area contributed by atoms with Gasteiger partial charge in [-0.25, -0.2) is 0 Å². The SMILES string of the molecule is O=c1c(-c2ccccc2)c(O)on1C=C1C=CC=N1. The van der Waals surface area contributed by atoms with Crippen molar-refractivity contribution in [2.75, 3.05) is 0 Å². The molecule has 5 nitrogen and oxygen atoms in total. The number of hydrogen-bond donors (Lipinski definition) is 1. The van der Waals surface area contributed by atoms with Crippen LogP contribution >= 0.6 is 0 Å². The second kappa shape index (κ2) is 4.45. The number of aliphatic imine (C=N–C) groups is 1. The van der Waals surface area contributed by atoms with Crippen LogP contribution in [0.4, 0.5) is 0 Å². The maximum absolute atomic E-state index is 12.2. The summed E-state index contributed by atoms with van der Waals surface area (Å²) >= 11 is 0. The largest absolute Gasteiger partial charge is 0.479 e. The van der Waals surface area contributed by atoms with Crippen LogP contribution in [0.2, 0.25) is 0 Å². The van der Waals surface area contributed by atoms with Gasteiger partial charge in [-0.15, -0.1) is 4.74 Å². The summed E-state index contributed by atoms with van der Waals surface area (Å²) in [5, 5.41) is 9.77. The molecule has 0 fully saturated rings. The highest BCUT2D eigenvalue weighted by Gasteiger charge is 2.17. The summed E-state index contributed by atoms with van der Waals surface area (Å²) in [7, 11) is 0. The minimum Gasteiger partial charge on any atom is -0.479 e. The highest BCUT2D eigenvalue weighted by Crippen LogP contribution is 2.26. The fraction of sp³-hybridized carbons (Fsp3) is 0. The van der Waals surface area contributed by atoms with Crippen LogP contribution in [-0.4, -0.2) is 16.1 Å². The van der Waals surface area contributed by atoms with Crippen molar-refractivity contribution in [3.05, 3.63) is 58.5 Å². The smallest absolute Gasteiger partial charge is 0.318 e. The quantitative estimate of drug-likeness (QED) is 0.893. The zero-order valence-electron chi connectivity index (χ0n) is 9.85. The molecule has 0 atom stereocenters. The molecule has 0 aliphatic carbocycles. The van der Waals surface area contributed by atoms with Crippen LogP contribution in [0.25, 0.3) is 17.3 Å². The van der Waals surface area contributed by atoms with E-state index in [4.69, 9.17) is 4.52 Å². The van der Waals surface area contributed by atoms with Crippen LogP contribution in [-0.2, 0) is 0 Å². The Labute approximate surface area is 108 Å². The Kier molecular flexibility index (Phi) is 2.64. The summed E-state index contributed by atoms with van der Waals surface area (Å²) in [6.07, 6.45) is 6.51. The van der Waals surface area contributed by atoms with E-state index in [0.717, 1.165) is 4.74 Å². The molecule has 1 aliphatic rings. The van der Waals surface area contributed by atoms with Gasteiger partial charge in [0, 0.05) is 6.21 Å². The monoisotopic (exact) mass is 254 g/mol. The average molecular weight is 254 g/mol. The maximum Gasteiger partial charge on any atom is 0.318 e. The molecule has 1 N–H and O–H groups in total. The van der Waals surface area contributed by atoms with Crippen LogP contribution < -0.4 is 5.56 Å². The summed E-state index contributed by atoms with van der Waals surface area (Å²) in [4.78, 5) is 16.2. The zero-order valence-corrected chi connectivity index (χ0v) is 9.85. The third-order valence-corrected chi connectivity index (χ3v) is 2.70. The van der Waals surface area contributed by atoms with Gasteiger partial charge in [-0.05, 0) is 17.7 Å². The van der Waals surface area contributed by atoms with E-state index in [0.29, 0.717) is 11.3 Å². The minimum absolute atomic E-state index is 0.142. The molecule has 1 aromatic heterocycles. The van der Waals surface area contributed by atoms with Gasteiger partial charge in [0.05, 0.1) is 11.9 Å². The van der Waals surface area contributed by atoms with E-state index in [9.17, 15) is 9.90 Å². The van der Waals surface area contributed by atoms with Gasteiger partial charge >= 0.3 is 5.95 Å². The maximum atomic E-state index is 12.2. The van der Waals surface area contributed by atoms with Gasteiger partial charge in [0.2, 0.25) is 0 Å². The van der Waals surface area contributed by atoms with Crippen molar-refractivity contribution in [3.63, 3.8) is 0 Å². The van der Waals surface area contributed by atoms with Crippen LogP contribution in [0.3, 0.4) is 0 Å². The predicted octanol–water partition coefficient (Wildman–Crippen LogP) is 2.25. The number of nitrogens with zero attached hydrogens (tertiary/aromatic N) is 2. The summed E-state index contributed by atoms with van der Waals surface area (Å²) in [5.74, 6) is -0.404. The molecule has 2 heterocycles. The Morgan fingerprint density at radius 3 is 2.74 bits per heavy atom. The normalized spacial score (nSPS) is 15.5. The third-order valence-electron chi connectivity index (χ3n) is 2.70. The molecular weight excluding hydrogens is 244 g/mol. The molecule has 1 aliphatic heterocycles. The van der Waals surface area contributed by atoms with Crippen LogP contribution in [0.15, 0.2) is 62.5 Å². The molecule has 5 heteroatoms. The van der Waals surface area contributed by atoms with E-state index in [1.807, 2.05) is 6.07 Å². The molecule has 0 radical (unpaired) electrons. The number of aromatic nitrogens is 1. The number of rotatable bonds is 2. The number of allylic oxidation sites excluding steroid dienone is 2. The molecule has 0 saturated heterocycles. The van der Waals surface area contributed by atoms with Crippen molar-refractivity contribution in [2.45, 2.75) is 0 Å². The second-order valence-electron chi connectivity index (χ2n) is 3.96. The topological polar surface area (TPSA) is 67.7 Å². The zero-order chi connectivity index (χ0) is 13.2. The molecule has 19 heavy (non-hydrogen) atoms. The first kappa shape index (κ1) is 11.3. The molecule has 0 spiro atoms. The van der Waals surface area contributed by atoms with Gasteiger partial charge in [-0.3, -0.25) is 9.79 Å². The second-order valence-corrected chi connectivity index (χ2v) is 3.96. The first-order valence-corrected chi connectivity index (χ1v) is 5.68. The molecule has 1 aromatic carbocycles.